The molecule has 1 heterocycles. The molecule has 0 amide bonds. The van der Waals surface area contributed by atoms with Crippen molar-refractivity contribution in [3.8, 4) is 0 Å². The van der Waals surface area contributed by atoms with Crippen LogP contribution in [0.4, 0.5) is 13.2 Å². The van der Waals surface area contributed by atoms with E-state index in [1.165, 1.54) is 13.8 Å². The summed E-state index contributed by atoms with van der Waals surface area (Å²) in [5.41, 5.74) is -4.23. The highest BCUT2D eigenvalue weighted by atomic mass is 19.4. The monoisotopic (exact) mass is 184 g/mol. The maximum absolute atomic E-state index is 12.3. The highest BCUT2D eigenvalue weighted by molar-refractivity contribution is 5.04. The van der Waals surface area contributed by atoms with E-state index < -0.39 is 17.4 Å². The van der Waals surface area contributed by atoms with Crippen LogP contribution < -0.4 is 0 Å². The number of halogens is 3. The van der Waals surface area contributed by atoms with Gasteiger partial charge in [-0.15, -0.1) is 0 Å². The van der Waals surface area contributed by atoms with Crippen molar-refractivity contribution in [3.05, 3.63) is 0 Å². The second-order valence-corrected chi connectivity index (χ2v) is 3.47. The summed E-state index contributed by atoms with van der Waals surface area (Å²) in [5.74, 6) is 0. The van der Waals surface area contributed by atoms with Crippen molar-refractivity contribution in [1.82, 2.24) is 0 Å². The maximum Gasteiger partial charge on any atom is 0.420 e. The van der Waals surface area contributed by atoms with Crippen LogP contribution in [-0.2, 0) is 4.74 Å². The van der Waals surface area contributed by atoms with E-state index in [1.807, 2.05) is 0 Å². The standard InChI is InChI=1S/C7H11F3O2/c1-5(2)6(11,3-4-12-5)7(8,9)10/h11H,3-4H2,1-2H3. The van der Waals surface area contributed by atoms with E-state index in [-0.39, 0.29) is 13.0 Å². The summed E-state index contributed by atoms with van der Waals surface area (Å²) < 4.78 is 41.7. The molecule has 1 atom stereocenters. The first-order valence-corrected chi connectivity index (χ1v) is 3.64. The summed E-state index contributed by atoms with van der Waals surface area (Å²) in [6.45, 7) is 2.43. The normalized spacial score (nSPS) is 35.5. The number of aliphatic hydroxyl groups is 1. The van der Waals surface area contributed by atoms with Gasteiger partial charge in [-0.3, -0.25) is 0 Å². The molecule has 1 aliphatic rings. The summed E-state index contributed by atoms with van der Waals surface area (Å²) in [6, 6.07) is 0. The minimum atomic E-state index is -4.62. The average molecular weight is 184 g/mol. The third-order valence-corrected chi connectivity index (χ3v) is 2.39. The van der Waals surface area contributed by atoms with Gasteiger partial charge in [0.05, 0.1) is 6.61 Å². The van der Waals surface area contributed by atoms with Crippen molar-refractivity contribution in [2.24, 2.45) is 0 Å². The molecule has 5 heteroatoms. The van der Waals surface area contributed by atoms with Gasteiger partial charge >= 0.3 is 6.18 Å². The van der Waals surface area contributed by atoms with Gasteiger partial charge in [-0.05, 0) is 13.8 Å². The molecule has 72 valence electrons. The van der Waals surface area contributed by atoms with E-state index in [0.717, 1.165) is 0 Å². The van der Waals surface area contributed by atoms with Crippen molar-refractivity contribution in [2.45, 2.75) is 37.6 Å². The molecule has 1 unspecified atom stereocenters. The van der Waals surface area contributed by atoms with E-state index in [1.54, 1.807) is 0 Å². The molecular weight excluding hydrogens is 173 g/mol. The van der Waals surface area contributed by atoms with E-state index in [4.69, 9.17) is 4.74 Å². The van der Waals surface area contributed by atoms with Crippen LogP contribution in [0.2, 0.25) is 0 Å². The predicted octanol–water partition coefficient (Wildman–Crippen LogP) is 1.48. The van der Waals surface area contributed by atoms with Crippen molar-refractivity contribution in [1.29, 1.82) is 0 Å². The van der Waals surface area contributed by atoms with E-state index in [2.05, 4.69) is 0 Å². The first kappa shape index (κ1) is 9.80. The third kappa shape index (κ3) is 1.11. The molecule has 1 rings (SSSR count). The second kappa shape index (κ2) is 2.35. The second-order valence-electron chi connectivity index (χ2n) is 3.47. The topological polar surface area (TPSA) is 29.5 Å². The van der Waals surface area contributed by atoms with Gasteiger partial charge in [0.25, 0.3) is 0 Å². The van der Waals surface area contributed by atoms with Crippen molar-refractivity contribution in [3.63, 3.8) is 0 Å². The van der Waals surface area contributed by atoms with Crippen molar-refractivity contribution >= 4 is 0 Å². The van der Waals surface area contributed by atoms with E-state index in [0.29, 0.717) is 0 Å². The van der Waals surface area contributed by atoms with Gasteiger partial charge < -0.3 is 9.84 Å². The Hall–Kier alpha value is -0.290. The summed E-state index contributed by atoms with van der Waals surface area (Å²) in [6.07, 6.45) is -5.00. The quantitative estimate of drug-likeness (QED) is 0.617. The minimum absolute atomic E-state index is 0.0526. The molecule has 0 aromatic carbocycles. The highest BCUT2D eigenvalue weighted by Crippen LogP contribution is 2.46. The fourth-order valence-corrected chi connectivity index (χ4v) is 1.36. The average Bonchev–Trinajstić information content (AvgIpc) is 2.07. The number of hydrogen-bond donors (Lipinski definition) is 1. The first-order chi connectivity index (χ1) is 5.21. The van der Waals surface area contributed by atoms with Gasteiger partial charge in [0.15, 0.2) is 5.60 Å². The molecule has 1 aliphatic heterocycles. The Bertz CT molecular complexity index is 188. The molecule has 0 aromatic heterocycles. The molecule has 0 saturated carbocycles. The minimum Gasteiger partial charge on any atom is -0.378 e. The Morgan fingerprint density at radius 1 is 1.33 bits per heavy atom. The number of ether oxygens (including phenoxy) is 1. The number of hydrogen-bond acceptors (Lipinski definition) is 2. The highest BCUT2D eigenvalue weighted by Gasteiger charge is 2.65. The Morgan fingerprint density at radius 2 is 1.83 bits per heavy atom. The van der Waals surface area contributed by atoms with Gasteiger partial charge in [0.2, 0.25) is 0 Å². The van der Waals surface area contributed by atoms with Crippen LogP contribution >= 0.6 is 0 Å². The lowest BCUT2D eigenvalue weighted by molar-refractivity contribution is -0.292. The van der Waals surface area contributed by atoms with Crippen LogP contribution in [0.25, 0.3) is 0 Å². The van der Waals surface area contributed by atoms with E-state index in [9.17, 15) is 18.3 Å². The SMILES string of the molecule is CC1(C)OCCC1(O)C(F)(F)F. The molecule has 0 spiro atoms. The van der Waals surface area contributed by atoms with Crippen LogP contribution in [-0.4, -0.2) is 29.1 Å². The Kier molecular flexibility index (Phi) is 1.92. The van der Waals surface area contributed by atoms with Crippen molar-refractivity contribution in [2.75, 3.05) is 6.61 Å². The molecule has 1 fully saturated rings. The third-order valence-electron chi connectivity index (χ3n) is 2.39. The molecule has 0 bridgehead atoms. The van der Waals surface area contributed by atoms with Gasteiger partial charge in [0, 0.05) is 6.42 Å². The van der Waals surface area contributed by atoms with Crippen LogP contribution in [0.5, 0.6) is 0 Å². The molecule has 2 nitrogen and oxygen atoms in total. The molecule has 0 aromatic rings. The summed E-state index contributed by atoms with van der Waals surface area (Å²) >= 11 is 0. The van der Waals surface area contributed by atoms with Crippen LogP contribution in [0.15, 0.2) is 0 Å². The fraction of sp³-hybridized carbons (Fsp3) is 1.00. The van der Waals surface area contributed by atoms with Crippen molar-refractivity contribution < 1.29 is 23.0 Å². The largest absolute Gasteiger partial charge is 0.420 e. The summed E-state index contributed by atoms with van der Waals surface area (Å²) in [4.78, 5) is 0. The molecule has 1 saturated heterocycles. The maximum atomic E-state index is 12.3. The van der Waals surface area contributed by atoms with Crippen LogP contribution in [0.3, 0.4) is 0 Å². The Labute approximate surface area is 68.3 Å². The van der Waals surface area contributed by atoms with Gasteiger partial charge in [-0.1, -0.05) is 0 Å². The summed E-state index contributed by atoms with van der Waals surface area (Å²) in [5, 5.41) is 9.31. The molecule has 12 heavy (non-hydrogen) atoms. The Balaban J connectivity index is 2.98. The van der Waals surface area contributed by atoms with Gasteiger partial charge in [0.1, 0.15) is 5.60 Å². The summed E-state index contributed by atoms with van der Waals surface area (Å²) in [7, 11) is 0. The number of alkyl halides is 3. The zero-order chi connectivity index (χ0) is 9.62. The lowest BCUT2D eigenvalue weighted by atomic mass is 9.85. The van der Waals surface area contributed by atoms with Crippen LogP contribution in [0, 0.1) is 0 Å². The van der Waals surface area contributed by atoms with Gasteiger partial charge in [-0.2, -0.15) is 13.2 Å². The number of rotatable bonds is 0. The molecular formula is C7H11F3O2. The Morgan fingerprint density at radius 3 is 2.00 bits per heavy atom. The molecule has 0 radical (unpaired) electrons. The smallest absolute Gasteiger partial charge is 0.378 e. The van der Waals surface area contributed by atoms with Crippen LogP contribution in [0.1, 0.15) is 20.3 Å². The van der Waals surface area contributed by atoms with Gasteiger partial charge in [-0.25, -0.2) is 0 Å². The lowest BCUT2D eigenvalue weighted by Gasteiger charge is -2.36. The zero-order valence-electron chi connectivity index (χ0n) is 6.90. The zero-order valence-corrected chi connectivity index (χ0v) is 6.90. The lowest BCUT2D eigenvalue weighted by Crippen LogP contribution is -2.57. The molecule has 1 N–H and O–H groups in total. The molecule has 0 aliphatic carbocycles. The first-order valence-electron chi connectivity index (χ1n) is 3.64. The van der Waals surface area contributed by atoms with E-state index >= 15 is 0 Å². The predicted molar refractivity (Wildman–Crippen MR) is 35.7 cm³/mol. The fourth-order valence-electron chi connectivity index (χ4n) is 1.36.